The van der Waals surface area contributed by atoms with Crippen LogP contribution < -0.4 is 5.73 Å². The van der Waals surface area contributed by atoms with Gasteiger partial charge in [-0.3, -0.25) is 14.4 Å². The lowest BCUT2D eigenvalue weighted by Gasteiger charge is -2.14. The Labute approximate surface area is 157 Å². The summed E-state index contributed by atoms with van der Waals surface area (Å²) in [6.45, 7) is 1.98. The Hall–Kier alpha value is -3.25. The van der Waals surface area contributed by atoms with Gasteiger partial charge in [0, 0.05) is 17.5 Å². The van der Waals surface area contributed by atoms with Gasteiger partial charge >= 0.3 is 0 Å². The molecule has 1 aliphatic heterocycles. The molecular weight excluding hydrogens is 340 g/mol. The van der Waals surface area contributed by atoms with Crippen molar-refractivity contribution in [2.75, 3.05) is 0 Å². The molecule has 136 valence electrons. The van der Waals surface area contributed by atoms with Crippen molar-refractivity contribution in [2.45, 2.75) is 26.0 Å². The molecule has 0 saturated heterocycles. The van der Waals surface area contributed by atoms with Crippen molar-refractivity contribution < 1.29 is 9.90 Å². The van der Waals surface area contributed by atoms with Crippen LogP contribution in [-0.2, 0) is 13.0 Å². The molecule has 0 unspecified atom stereocenters. The summed E-state index contributed by atoms with van der Waals surface area (Å²) in [7, 11) is 0. The van der Waals surface area contributed by atoms with Crippen LogP contribution in [-0.4, -0.2) is 32.4 Å². The normalized spacial score (nSPS) is 13.9. The highest BCUT2D eigenvalue weighted by Gasteiger charge is 2.27. The predicted octanol–water partition coefficient (Wildman–Crippen LogP) is 2.25. The Bertz CT molecular complexity index is 1040. The van der Waals surface area contributed by atoms with Crippen LogP contribution in [0.15, 0.2) is 59.6 Å². The number of fused-ring (bicyclic) bond motifs is 3. The van der Waals surface area contributed by atoms with Gasteiger partial charge in [-0.15, -0.1) is 0 Å². The van der Waals surface area contributed by atoms with E-state index in [0.717, 1.165) is 22.5 Å². The van der Waals surface area contributed by atoms with E-state index in [1.54, 1.807) is 6.92 Å². The molecule has 1 amide bonds. The van der Waals surface area contributed by atoms with E-state index >= 15 is 0 Å². The van der Waals surface area contributed by atoms with Crippen LogP contribution in [0.25, 0.3) is 5.69 Å². The number of nitrogens with zero attached hydrogens (tertiary/aromatic N) is 3. The lowest BCUT2D eigenvalue weighted by atomic mass is 10.0. The summed E-state index contributed by atoms with van der Waals surface area (Å²) >= 11 is 0. The fraction of sp³-hybridized carbons (Fsp3) is 0.190. The van der Waals surface area contributed by atoms with Crippen molar-refractivity contribution in [3.05, 3.63) is 82.9 Å². The maximum Gasteiger partial charge on any atom is 0.269 e. The van der Waals surface area contributed by atoms with Crippen LogP contribution in [0.4, 0.5) is 0 Å². The molecule has 1 aromatic heterocycles. The first kappa shape index (κ1) is 17.2. The van der Waals surface area contributed by atoms with Gasteiger partial charge in [-0.1, -0.05) is 48.5 Å². The second kappa shape index (κ2) is 6.81. The zero-order chi connectivity index (χ0) is 19.0. The monoisotopic (exact) mass is 360 g/mol. The molecule has 0 spiro atoms. The van der Waals surface area contributed by atoms with E-state index < -0.39 is 12.0 Å². The minimum Gasteiger partial charge on any atom is -0.393 e. The number of rotatable bonds is 4. The number of imidazole rings is 1. The van der Waals surface area contributed by atoms with Crippen LogP contribution >= 0.6 is 0 Å². The fourth-order valence-corrected chi connectivity index (χ4v) is 3.48. The first-order chi connectivity index (χ1) is 13.1. The number of hydrogen-bond donors (Lipinski definition) is 2. The number of aliphatic imine (C=N–C) groups is 1. The third kappa shape index (κ3) is 3.04. The predicted molar refractivity (Wildman–Crippen MR) is 103 cm³/mol. The second-order valence-electron chi connectivity index (χ2n) is 6.62. The Balaban J connectivity index is 1.99. The molecule has 0 bridgehead atoms. The first-order valence-corrected chi connectivity index (χ1v) is 8.84. The highest BCUT2D eigenvalue weighted by Crippen LogP contribution is 2.29. The summed E-state index contributed by atoms with van der Waals surface area (Å²) in [6, 6.07) is 17.8. The highest BCUT2D eigenvalue weighted by molar-refractivity contribution is 6.15. The Kier molecular flexibility index (Phi) is 4.33. The minimum absolute atomic E-state index is 0.207. The molecule has 6 heteroatoms. The number of carbonyl (C=O) groups is 1. The number of hydrogen-bond acceptors (Lipinski definition) is 4. The first-order valence-electron chi connectivity index (χ1n) is 8.84. The molecule has 1 atom stereocenters. The van der Waals surface area contributed by atoms with Gasteiger partial charge in [-0.2, -0.15) is 0 Å². The van der Waals surface area contributed by atoms with Crippen LogP contribution in [0, 0.1) is 0 Å². The molecule has 0 fully saturated rings. The van der Waals surface area contributed by atoms with Gasteiger partial charge in [0.25, 0.3) is 5.91 Å². The van der Waals surface area contributed by atoms with Gasteiger partial charge in [0.2, 0.25) is 0 Å². The summed E-state index contributed by atoms with van der Waals surface area (Å²) in [4.78, 5) is 21.2. The Morgan fingerprint density at radius 1 is 1.19 bits per heavy atom. The van der Waals surface area contributed by atoms with E-state index in [1.165, 1.54) is 0 Å². The van der Waals surface area contributed by atoms with Gasteiger partial charge in [-0.25, -0.2) is 4.98 Å². The van der Waals surface area contributed by atoms with Gasteiger partial charge in [0.1, 0.15) is 5.82 Å². The van der Waals surface area contributed by atoms with Crippen molar-refractivity contribution in [1.29, 1.82) is 0 Å². The molecule has 6 nitrogen and oxygen atoms in total. The largest absolute Gasteiger partial charge is 0.393 e. The smallest absolute Gasteiger partial charge is 0.269 e. The van der Waals surface area contributed by atoms with Crippen LogP contribution in [0.2, 0.25) is 0 Å². The van der Waals surface area contributed by atoms with Gasteiger partial charge in [0.05, 0.1) is 29.7 Å². The summed E-state index contributed by atoms with van der Waals surface area (Å²) in [5.74, 6) is 0.0113. The van der Waals surface area contributed by atoms with Crippen molar-refractivity contribution in [2.24, 2.45) is 10.7 Å². The van der Waals surface area contributed by atoms with E-state index in [-0.39, 0.29) is 12.2 Å². The van der Waals surface area contributed by atoms with Crippen LogP contribution in [0.3, 0.4) is 0 Å². The van der Waals surface area contributed by atoms with E-state index in [0.29, 0.717) is 17.9 Å². The molecule has 0 saturated carbocycles. The van der Waals surface area contributed by atoms with E-state index in [4.69, 9.17) is 10.7 Å². The summed E-state index contributed by atoms with van der Waals surface area (Å²) in [6.07, 6.45) is -0.280. The number of aliphatic hydroxyl groups excluding tert-OH is 1. The number of aliphatic hydroxyl groups is 1. The van der Waals surface area contributed by atoms with E-state index in [1.807, 2.05) is 59.2 Å². The summed E-state index contributed by atoms with van der Waals surface area (Å²) < 4.78 is 1.92. The second-order valence-corrected chi connectivity index (χ2v) is 6.62. The van der Waals surface area contributed by atoms with Crippen molar-refractivity contribution >= 4 is 11.6 Å². The molecular formula is C21H20N4O2. The number of carbonyl (C=O) groups excluding carboxylic acids is 1. The molecule has 0 aliphatic carbocycles. The maximum absolute atomic E-state index is 12.0. The number of aromatic nitrogens is 2. The number of primary amides is 1. The summed E-state index contributed by atoms with van der Waals surface area (Å²) in [5.41, 5.74) is 10.1. The average Bonchev–Trinajstić information content (AvgIpc) is 2.91. The zero-order valence-corrected chi connectivity index (χ0v) is 15.0. The fourth-order valence-electron chi connectivity index (χ4n) is 3.48. The third-order valence-electron chi connectivity index (χ3n) is 4.59. The quantitative estimate of drug-likeness (QED) is 0.747. The number of para-hydroxylation sites is 1. The van der Waals surface area contributed by atoms with Crippen molar-refractivity contribution in [1.82, 2.24) is 9.55 Å². The molecule has 2 heterocycles. The molecule has 2 aromatic carbocycles. The van der Waals surface area contributed by atoms with Crippen molar-refractivity contribution in [3.8, 4) is 5.69 Å². The van der Waals surface area contributed by atoms with Gasteiger partial charge in [0.15, 0.2) is 5.69 Å². The van der Waals surface area contributed by atoms with Crippen molar-refractivity contribution in [3.63, 3.8) is 0 Å². The van der Waals surface area contributed by atoms with Crippen LogP contribution in [0.1, 0.15) is 40.1 Å². The highest BCUT2D eigenvalue weighted by atomic mass is 16.3. The SMILES string of the molecule is C[C@@H](O)Cc1nc(C(N)=O)c2n1-c1ccccc1C(c1ccccc1)=NC2. The van der Waals surface area contributed by atoms with E-state index in [2.05, 4.69) is 4.98 Å². The van der Waals surface area contributed by atoms with E-state index in [9.17, 15) is 9.90 Å². The average molecular weight is 360 g/mol. The molecule has 0 radical (unpaired) electrons. The number of benzene rings is 2. The summed E-state index contributed by atoms with van der Waals surface area (Å²) in [5, 5.41) is 9.91. The third-order valence-corrected chi connectivity index (χ3v) is 4.59. The Morgan fingerprint density at radius 3 is 2.59 bits per heavy atom. The van der Waals surface area contributed by atoms with Gasteiger partial charge in [-0.05, 0) is 13.0 Å². The topological polar surface area (TPSA) is 93.5 Å². The maximum atomic E-state index is 12.0. The molecule has 3 N–H and O–H groups in total. The van der Waals surface area contributed by atoms with Crippen LogP contribution in [0.5, 0.6) is 0 Å². The lowest BCUT2D eigenvalue weighted by Crippen LogP contribution is -2.14. The Morgan fingerprint density at radius 2 is 1.89 bits per heavy atom. The molecule has 3 aromatic rings. The molecule has 4 rings (SSSR count). The molecule has 27 heavy (non-hydrogen) atoms. The zero-order valence-electron chi connectivity index (χ0n) is 15.0. The minimum atomic E-state index is -0.595. The standard InChI is InChI=1S/C21H20N4O2/c1-13(26)11-18-24-20(21(22)27)17-12-23-19(14-7-3-2-4-8-14)15-9-5-6-10-16(15)25(17)18/h2-10,13,26H,11-12H2,1H3,(H2,22,27)/t13-/m1/s1. The number of nitrogens with two attached hydrogens (primary N) is 1. The lowest BCUT2D eigenvalue weighted by molar-refractivity contribution is 0.0994. The molecule has 1 aliphatic rings. The number of amides is 1. The van der Waals surface area contributed by atoms with Gasteiger partial charge < -0.3 is 10.8 Å².